The number of ether oxygens (including phenoxy) is 3. The van der Waals surface area contributed by atoms with E-state index in [4.69, 9.17) is 14.2 Å². The van der Waals surface area contributed by atoms with Crippen LogP contribution in [-0.2, 0) is 16.0 Å². The summed E-state index contributed by atoms with van der Waals surface area (Å²) in [5.74, 6) is 2.28. The summed E-state index contributed by atoms with van der Waals surface area (Å²) in [5, 5.41) is 0. The fourth-order valence-electron chi connectivity index (χ4n) is 2.53. The van der Waals surface area contributed by atoms with E-state index in [1.807, 2.05) is 6.07 Å². The third kappa shape index (κ3) is 6.93. The van der Waals surface area contributed by atoms with Gasteiger partial charge in [0, 0.05) is 12.5 Å². The van der Waals surface area contributed by atoms with Gasteiger partial charge in [0.05, 0.1) is 20.8 Å². The summed E-state index contributed by atoms with van der Waals surface area (Å²) in [5.41, 5.74) is 1.23. The molecule has 1 aromatic carbocycles. The quantitative estimate of drug-likeness (QED) is 0.454. The Balaban J connectivity index is 1.56. The van der Waals surface area contributed by atoms with Crippen molar-refractivity contribution < 1.29 is 19.0 Å². The first kappa shape index (κ1) is 17.6. The number of carbonyl (C=O) groups is 1. The molecule has 0 aromatic heterocycles. The summed E-state index contributed by atoms with van der Waals surface area (Å²) in [7, 11) is 3.34. The largest absolute Gasteiger partial charge is 0.497 e. The number of methoxy groups -OCH3 is 2. The molecule has 0 atom stereocenters. The molecular formula is C19H28O4. The summed E-state index contributed by atoms with van der Waals surface area (Å²) >= 11 is 0. The molecular weight excluding hydrogens is 292 g/mol. The van der Waals surface area contributed by atoms with Gasteiger partial charge in [-0.2, -0.15) is 0 Å². The Kier molecular flexibility index (Phi) is 7.24. The number of benzene rings is 1. The van der Waals surface area contributed by atoms with Crippen LogP contribution in [0.4, 0.5) is 0 Å². The van der Waals surface area contributed by atoms with Gasteiger partial charge in [-0.15, -0.1) is 0 Å². The predicted molar refractivity (Wildman–Crippen MR) is 90.0 cm³/mol. The van der Waals surface area contributed by atoms with E-state index in [2.05, 4.69) is 12.1 Å². The van der Waals surface area contributed by atoms with E-state index in [0.29, 0.717) is 18.9 Å². The molecule has 1 aliphatic rings. The number of rotatable bonds is 11. The van der Waals surface area contributed by atoms with E-state index in [0.717, 1.165) is 43.6 Å². The Morgan fingerprint density at radius 2 is 1.65 bits per heavy atom. The van der Waals surface area contributed by atoms with Crippen molar-refractivity contribution in [3.05, 3.63) is 23.8 Å². The minimum absolute atomic E-state index is 0.0329. The van der Waals surface area contributed by atoms with Gasteiger partial charge in [-0.3, -0.25) is 4.79 Å². The van der Waals surface area contributed by atoms with Crippen molar-refractivity contribution in [2.45, 2.75) is 51.4 Å². The van der Waals surface area contributed by atoms with E-state index in [1.54, 1.807) is 14.2 Å². The van der Waals surface area contributed by atoms with Crippen molar-refractivity contribution in [1.82, 2.24) is 0 Å². The lowest BCUT2D eigenvalue weighted by Gasteiger charge is -2.08. The highest BCUT2D eigenvalue weighted by molar-refractivity contribution is 5.69. The molecule has 0 bridgehead atoms. The van der Waals surface area contributed by atoms with Crippen molar-refractivity contribution in [2.75, 3.05) is 20.8 Å². The molecule has 0 aliphatic heterocycles. The van der Waals surface area contributed by atoms with Crippen molar-refractivity contribution in [1.29, 1.82) is 0 Å². The van der Waals surface area contributed by atoms with Crippen LogP contribution in [0.2, 0.25) is 0 Å². The van der Waals surface area contributed by atoms with Crippen LogP contribution in [0.3, 0.4) is 0 Å². The van der Waals surface area contributed by atoms with Gasteiger partial charge in [0.25, 0.3) is 0 Å². The highest BCUT2D eigenvalue weighted by atomic mass is 16.5. The normalized spacial score (nSPS) is 13.7. The number of hydrogen-bond donors (Lipinski definition) is 0. The summed E-state index contributed by atoms with van der Waals surface area (Å²) in [6.07, 6.45) is 8.22. The fourth-order valence-corrected chi connectivity index (χ4v) is 2.53. The van der Waals surface area contributed by atoms with E-state index in [-0.39, 0.29) is 5.97 Å². The monoisotopic (exact) mass is 320 g/mol. The zero-order chi connectivity index (χ0) is 16.5. The lowest BCUT2D eigenvalue weighted by Crippen LogP contribution is -2.06. The van der Waals surface area contributed by atoms with Crippen molar-refractivity contribution >= 4 is 5.97 Å². The zero-order valence-electron chi connectivity index (χ0n) is 14.3. The molecule has 0 unspecified atom stereocenters. The number of unbranched alkanes of at least 4 members (excludes halogenated alkanes) is 3. The molecule has 0 heterocycles. The zero-order valence-corrected chi connectivity index (χ0v) is 14.3. The van der Waals surface area contributed by atoms with Crippen LogP contribution in [0.1, 0.15) is 50.5 Å². The molecule has 1 aromatic rings. The number of hydrogen-bond acceptors (Lipinski definition) is 4. The lowest BCUT2D eigenvalue weighted by molar-refractivity contribution is -0.144. The van der Waals surface area contributed by atoms with Gasteiger partial charge < -0.3 is 14.2 Å². The van der Waals surface area contributed by atoms with Crippen LogP contribution in [0.25, 0.3) is 0 Å². The van der Waals surface area contributed by atoms with Crippen LogP contribution in [-0.4, -0.2) is 26.8 Å². The first-order valence-electron chi connectivity index (χ1n) is 8.59. The standard InChI is InChI=1S/C19H28O4/c1-21-17-11-16(12-18(13-17)22-2)7-5-3-4-6-8-19(20)23-14-15-9-10-15/h11-13,15H,3-10,14H2,1-2H3. The minimum Gasteiger partial charge on any atom is -0.497 e. The number of aryl methyl sites for hydroxylation is 1. The number of esters is 1. The average molecular weight is 320 g/mol. The van der Waals surface area contributed by atoms with Gasteiger partial charge in [-0.25, -0.2) is 0 Å². The second-order valence-corrected chi connectivity index (χ2v) is 6.26. The third-order valence-electron chi connectivity index (χ3n) is 4.18. The van der Waals surface area contributed by atoms with Gasteiger partial charge in [0.2, 0.25) is 0 Å². The Morgan fingerprint density at radius 1 is 1.00 bits per heavy atom. The van der Waals surface area contributed by atoms with Crippen LogP contribution in [0.15, 0.2) is 18.2 Å². The molecule has 1 aliphatic carbocycles. The molecule has 23 heavy (non-hydrogen) atoms. The summed E-state index contributed by atoms with van der Waals surface area (Å²) in [6, 6.07) is 5.99. The summed E-state index contributed by atoms with van der Waals surface area (Å²) < 4.78 is 15.8. The SMILES string of the molecule is COc1cc(CCCCCCC(=O)OCC2CC2)cc(OC)c1. The summed E-state index contributed by atoms with van der Waals surface area (Å²) in [6.45, 7) is 0.635. The predicted octanol–water partition coefficient (Wildman–Crippen LogP) is 4.15. The molecule has 0 spiro atoms. The second-order valence-electron chi connectivity index (χ2n) is 6.26. The Bertz CT molecular complexity index is 472. The molecule has 0 N–H and O–H groups in total. The molecule has 1 fully saturated rings. The molecule has 2 rings (SSSR count). The third-order valence-corrected chi connectivity index (χ3v) is 4.18. The van der Waals surface area contributed by atoms with Crippen molar-refractivity contribution in [3.63, 3.8) is 0 Å². The molecule has 1 saturated carbocycles. The Hall–Kier alpha value is -1.71. The summed E-state index contributed by atoms with van der Waals surface area (Å²) in [4.78, 5) is 11.5. The van der Waals surface area contributed by atoms with Crippen LogP contribution < -0.4 is 9.47 Å². The van der Waals surface area contributed by atoms with Crippen LogP contribution in [0, 0.1) is 5.92 Å². The van der Waals surface area contributed by atoms with Gasteiger partial charge in [0.1, 0.15) is 11.5 Å². The van der Waals surface area contributed by atoms with Gasteiger partial charge in [-0.05, 0) is 55.7 Å². The van der Waals surface area contributed by atoms with Crippen molar-refractivity contribution in [2.24, 2.45) is 5.92 Å². The molecule has 0 saturated heterocycles. The first-order valence-corrected chi connectivity index (χ1v) is 8.59. The van der Waals surface area contributed by atoms with E-state index in [1.165, 1.54) is 18.4 Å². The Labute approximate surface area is 139 Å². The van der Waals surface area contributed by atoms with Gasteiger partial charge in [0.15, 0.2) is 0 Å². The maximum Gasteiger partial charge on any atom is 0.305 e. The molecule has 0 radical (unpaired) electrons. The minimum atomic E-state index is -0.0329. The second kappa shape index (κ2) is 9.43. The van der Waals surface area contributed by atoms with E-state index < -0.39 is 0 Å². The fraction of sp³-hybridized carbons (Fsp3) is 0.632. The molecule has 4 heteroatoms. The van der Waals surface area contributed by atoms with Crippen LogP contribution in [0.5, 0.6) is 11.5 Å². The maximum absolute atomic E-state index is 11.5. The highest BCUT2D eigenvalue weighted by Gasteiger charge is 2.22. The van der Waals surface area contributed by atoms with E-state index >= 15 is 0 Å². The molecule has 128 valence electrons. The van der Waals surface area contributed by atoms with E-state index in [9.17, 15) is 4.79 Å². The topological polar surface area (TPSA) is 44.8 Å². The highest BCUT2D eigenvalue weighted by Crippen LogP contribution is 2.29. The molecule has 0 amide bonds. The lowest BCUT2D eigenvalue weighted by atomic mass is 10.0. The Morgan fingerprint density at radius 3 is 2.26 bits per heavy atom. The average Bonchev–Trinajstić information content (AvgIpc) is 3.40. The number of carbonyl (C=O) groups excluding carboxylic acids is 1. The van der Waals surface area contributed by atoms with Crippen LogP contribution >= 0.6 is 0 Å². The van der Waals surface area contributed by atoms with Crippen molar-refractivity contribution in [3.8, 4) is 11.5 Å². The molecule has 4 nitrogen and oxygen atoms in total. The van der Waals surface area contributed by atoms with Gasteiger partial charge >= 0.3 is 5.97 Å². The smallest absolute Gasteiger partial charge is 0.305 e. The van der Waals surface area contributed by atoms with Gasteiger partial charge in [-0.1, -0.05) is 12.8 Å². The maximum atomic E-state index is 11.5. The first-order chi connectivity index (χ1) is 11.2.